The standard InChI is InChI=1S/C18H28N4OS/c1-13-14(2)24-17-16(13)18(23)22(11-7-8-20(3)4)15(19-17)12-21-9-5-6-10-21/h5-12H2,1-4H3. The van der Waals surface area contributed by atoms with Crippen molar-refractivity contribution in [3.05, 3.63) is 26.6 Å². The molecule has 24 heavy (non-hydrogen) atoms. The Labute approximate surface area is 147 Å². The summed E-state index contributed by atoms with van der Waals surface area (Å²) in [6.07, 6.45) is 3.48. The second kappa shape index (κ2) is 7.33. The van der Waals surface area contributed by atoms with Crippen LogP contribution in [0.15, 0.2) is 4.79 Å². The highest BCUT2D eigenvalue weighted by atomic mass is 32.1. The number of fused-ring (bicyclic) bond motifs is 1. The van der Waals surface area contributed by atoms with Gasteiger partial charge in [0.15, 0.2) is 0 Å². The molecule has 0 unspecified atom stereocenters. The molecule has 0 bridgehead atoms. The van der Waals surface area contributed by atoms with Gasteiger partial charge in [-0.1, -0.05) is 0 Å². The van der Waals surface area contributed by atoms with Crippen LogP contribution in [0.2, 0.25) is 0 Å². The molecule has 5 nitrogen and oxygen atoms in total. The second-order valence-electron chi connectivity index (χ2n) is 7.09. The lowest BCUT2D eigenvalue weighted by Gasteiger charge is -2.19. The van der Waals surface area contributed by atoms with Crippen molar-refractivity contribution in [2.75, 3.05) is 33.7 Å². The molecule has 3 heterocycles. The van der Waals surface area contributed by atoms with Crippen molar-refractivity contribution >= 4 is 21.6 Å². The summed E-state index contributed by atoms with van der Waals surface area (Å²) in [6.45, 7) is 8.89. The van der Waals surface area contributed by atoms with Crippen molar-refractivity contribution in [3.8, 4) is 0 Å². The van der Waals surface area contributed by atoms with E-state index in [-0.39, 0.29) is 5.56 Å². The lowest BCUT2D eigenvalue weighted by atomic mass is 10.2. The zero-order chi connectivity index (χ0) is 17.3. The van der Waals surface area contributed by atoms with Crippen molar-refractivity contribution in [1.82, 2.24) is 19.4 Å². The molecular weight excluding hydrogens is 320 g/mol. The molecule has 0 saturated carbocycles. The summed E-state index contributed by atoms with van der Waals surface area (Å²) in [5.41, 5.74) is 1.25. The van der Waals surface area contributed by atoms with Crippen LogP contribution in [-0.4, -0.2) is 53.1 Å². The van der Waals surface area contributed by atoms with Gasteiger partial charge in [-0.2, -0.15) is 0 Å². The maximum Gasteiger partial charge on any atom is 0.262 e. The highest BCUT2D eigenvalue weighted by Gasteiger charge is 2.19. The molecule has 2 aromatic heterocycles. The van der Waals surface area contributed by atoms with E-state index in [1.807, 2.05) is 11.5 Å². The summed E-state index contributed by atoms with van der Waals surface area (Å²) in [4.78, 5) is 24.7. The molecule has 0 aromatic carbocycles. The molecule has 0 radical (unpaired) electrons. The first-order chi connectivity index (χ1) is 11.5. The lowest BCUT2D eigenvalue weighted by Crippen LogP contribution is -2.30. The van der Waals surface area contributed by atoms with Gasteiger partial charge in [0.25, 0.3) is 5.56 Å². The number of aromatic nitrogens is 2. The molecule has 1 aliphatic rings. The Hall–Kier alpha value is -1.24. The maximum absolute atomic E-state index is 13.1. The smallest absolute Gasteiger partial charge is 0.262 e. The normalized spacial score (nSPS) is 15.9. The predicted octanol–water partition coefficient (Wildman–Crippen LogP) is 2.62. The third-order valence-corrected chi connectivity index (χ3v) is 6.02. The lowest BCUT2D eigenvalue weighted by molar-refractivity contribution is 0.310. The summed E-state index contributed by atoms with van der Waals surface area (Å²) >= 11 is 1.65. The van der Waals surface area contributed by atoms with E-state index < -0.39 is 0 Å². The summed E-state index contributed by atoms with van der Waals surface area (Å²) in [5, 5.41) is 0.826. The first kappa shape index (κ1) is 17.6. The average Bonchev–Trinajstić information content (AvgIpc) is 3.11. The fourth-order valence-electron chi connectivity index (χ4n) is 3.41. The number of rotatable bonds is 6. The highest BCUT2D eigenvalue weighted by molar-refractivity contribution is 7.18. The van der Waals surface area contributed by atoms with Gasteiger partial charge in [0, 0.05) is 11.4 Å². The third-order valence-electron chi connectivity index (χ3n) is 4.92. The van der Waals surface area contributed by atoms with Gasteiger partial charge >= 0.3 is 0 Å². The Balaban J connectivity index is 2.00. The van der Waals surface area contributed by atoms with Gasteiger partial charge in [0.1, 0.15) is 10.7 Å². The number of aryl methyl sites for hydroxylation is 2. The van der Waals surface area contributed by atoms with Crippen LogP contribution in [0.3, 0.4) is 0 Å². The van der Waals surface area contributed by atoms with E-state index in [4.69, 9.17) is 4.98 Å². The van der Waals surface area contributed by atoms with E-state index in [2.05, 4.69) is 30.8 Å². The van der Waals surface area contributed by atoms with E-state index in [0.717, 1.165) is 60.7 Å². The SMILES string of the molecule is Cc1sc2nc(CN3CCCC3)n(CCCN(C)C)c(=O)c2c1C. The largest absolute Gasteiger partial charge is 0.309 e. The molecule has 6 heteroatoms. The molecule has 0 amide bonds. The van der Waals surface area contributed by atoms with E-state index in [1.165, 1.54) is 17.7 Å². The minimum Gasteiger partial charge on any atom is -0.309 e. The second-order valence-corrected chi connectivity index (χ2v) is 8.29. The third kappa shape index (κ3) is 3.55. The quantitative estimate of drug-likeness (QED) is 0.805. The number of hydrogen-bond donors (Lipinski definition) is 0. The molecule has 1 fully saturated rings. The highest BCUT2D eigenvalue weighted by Crippen LogP contribution is 2.26. The van der Waals surface area contributed by atoms with Gasteiger partial charge in [-0.3, -0.25) is 14.3 Å². The van der Waals surface area contributed by atoms with Crippen molar-refractivity contribution in [2.45, 2.75) is 46.2 Å². The molecular formula is C18H28N4OS. The fraction of sp³-hybridized carbons (Fsp3) is 0.667. The number of likely N-dealkylation sites (tertiary alicyclic amines) is 1. The molecule has 0 aliphatic carbocycles. The van der Waals surface area contributed by atoms with Gasteiger partial charge in [-0.25, -0.2) is 4.98 Å². The molecule has 0 N–H and O–H groups in total. The summed E-state index contributed by atoms with van der Waals surface area (Å²) in [6, 6.07) is 0. The summed E-state index contributed by atoms with van der Waals surface area (Å²) in [7, 11) is 4.14. The van der Waals surface area contributed by atoms with E-state index in [0.29, 0.717) is 0 Å². The molecule has 0 atom stereocenters. The van der Waals surface area contributed by atoms with Gasteiger partial charge in [0.05, 0.1) is 11.9 Å². The van der Waals surface area contributed by atoms with Gasteiger partial charge < -0.3 is 4.90 Å². The summed E-state index contributed by atoms with van der Waals surface area (Å²) in [5.74, 6) is 0.939. The van der Waals surface area contributed by atoms with E-state index >= 15 is 0 Å². The molecule has 1 aliphatic heterocycles. The Morgan fingerprint density at radius 2 is 1.92 bits per heavy atom. The maximum atomic E-state index is 13.1. The van der Waals surface area contributed by atoms with Crippen molar-refractivity contribution in [1.29, 1.82) is 0 Å². The Morgan fingerprint density at radius 3 is 2.58 bits per heavy atom. The van der Waals surface area contributed by atoms with E-state index in [9.17, 15) is 4.79 Å². The Bertz CT molecular complexity index is 771. The topological polar surface area (TPSA) is 41.4 Å². The average molecular weight is 349 g/mol. The van der Waals surface area contributed by atoms with Crippen LogP contribution in [-0.2, 0) is 13.1 Å². The molecule has 132 valence electrons. The van der Waals surface area contributed by atoms with E-state index in [1.54, 1.807) is 11.3 Å². The summed E-state index contributed by atoms with van der Waals surface area (Å²) < 4.78 is 1.93. The van der Waals surface area contributed by atoms with Crippen LogP contribution in [0.5, 0.6) is 0 Å². The minimum atomic E-state index is 0.148. The Kier molecular flexibility index (Phi) is 5.37. The van der Waals surface area contributed by atoms with Crippen LogP contribution in [0.25, 0.3) is 10.2 Å². The predicted molar refractivity (Wildman–Crippen MR) is 101 cm³/mol. The Morgan fingerprint density at radius 1 is 1.21 bits per heavy atom. The molecule has 3 rings (SSSR count). The van der Waals surface area contributed by atoms with Gasteiger partial charge in [-0.05, 0) is 72.4 Å². The zero-order valence-electron chi connectivity index (χ0n) is 15.3. The first-order valence-electron chi connectivity index (χ1n) is 8.84. The van der Waals surface area contributed by atoms with Gasteiger partial charge in [0.2, 0.25) is 0 Å². The zero-order valence-corrected chi connectivity index (χ0v) is 16.1. The number of nitrogens with zero attached hydrogens (tertiary/aromatic N) is 4. The fourth-order valence-corrected chi connectivity index (χ4v) is 4.45. The van der Waals surface area contributed by atoms with Crippen molar-refractivity contribution in [3.63, 3.8) is 0 Å². The molecule has 1 saturated heterocycles. The first-order valence-corrected chi connectivity index (χ1v) is 9.65. The van der Waals surface area contributed by atoms with Gasteiger partial charge in [-0.15, -0.1) is 11.3 Å². The van der Waals surface area contributed by atoms with Crippen molar-refractivity contribution < 1.29 is 0 Å². The van der Waals surface area contributed by atoms with Crippen molar-refractivity contribution in [2.24, 2.45) is 0 Å². The number of thiophene rings is 1. The van der Waals surface area contributed by atoms with Crippen LogP contribution >= 0.6 is 11.3 Å². The number of hydrogen-bond acceptors (Lipinski definition) is 5. The van der Waals surface area contributed by atoms with Crippen LogP contribution in [0.4, 0.5) is 0 Å². The minimum absolute atomic E-state index is 0.148. The van der Waals surface area contributed by atoms with Crippen LogP contribution < -0.4 is 5.56 Å². The molecule has 0 spiro atoms. The van der Waals surface area contributed by atoms with Crippen LogP contribution in [0, 0.1) is 13.8 Å². The van der Waals surface area contributed by atoms with Crippen LogP contribution in [0.1, 0.15) is 35.5 Å². The molecule has 2 aromatic rings. The monoisotopic (exact) mass is 348 g/mol.